The van der Waals surface area contributed by atoms with E-state index < -0.39 is 46.8 Å². The number of esters is 1. The third-order valence-corrected chi connectivity index (χ3v) is 17.3. The molecule has 0 spiro atoms. The van der Waals surface area contributed by atoms with Crippen LogP contribution in [0.25, 0.3) is 32.9 Å². The van der Waals surface area contributed by atoms with Crippen molar-refractivity contribution in [3.05, 3.63) is 77.4 Å². The highest BCUT2D eigenvalue weighted by atomic mass is 19.3. The summed E-state index contributed by atoms with van der Waals surface area (Å²) in [6.45, 7) is 3.18. The number of hydrogen-bond donors (Lipinski definition) is 5. The highest BCUT2D eigenvalue weighted by Crippen LogP contribution is 2.70. The van der Waals surface area contributed by atoms with E-state index in [1.807, 2.05) is 15.6 Å². The summed E-state index contributed by atoms with van der Waals surface area (Å²) in [6, 6.07) is 8.65. The molecule has 22 nitrogen and oxygen atoms in total. The van der Waals surface area contributed by atoms with Crippen molar-refractivity contribution in [3.63, 3.8) is 0 Å². The number of ether oxygens (including phenoxy) is 1. The van der Waals surface area contributed by atoms with Crippen molar-refractivity contribution in [2.24, 2.45) is 18.4 Å². The van der Waals surface area contributed by atoms with E-state index in [1.54, 1.807) is 60.3 Å². The molecular formula is C58H71F3N14O8. The predicted octanol–water partition coefficient (Wildman–Crippen LogP) is 5.87. The van der Waals surface area contributed by atoms with Gasteiger partial charge in [-0.3, -0.25) is 52.7 Å². The molecule has 0 radical (unpaired) electrons. The molecule has 2 aliphatic carbocycles. The van der Waals surface area contributed by atoms with Gasteiger partial charge in [0.2, 0.25) is 29.5 Å². The number of likely N-dealkylation sites (tertiary alicyclic amines) is 2. The lowest BCUT2D eigenvalue weighted by atomic mass is 9.87. The second-order valence-corrected chi connectivity index (χ2v) is 22.7. The number of nitrogens with one attached hydrogen (secondary N) is 5. The van der Waals surface area contributed by atoms with Crippen molar-refractivity contribution in [2.45, 2.75) is 128 Å². The number of H-pyrrole nitrogens is 1. The number of hydrogen-bond acceptors (Lipinski definition) is 12. The van der Waals surface area contributed by atoms with Gasteiger partial charge >= 0.3 is 5.97 Å². The number of aromatic amines is 1. The predicted molar refractivity (Wildman–Crippen MR) is 298 cm³/mol. The lowest BCUT2D eigenvalue weighted by molar-refractivity contribution is -0.141. The molecule has 0 bridgehead atoms. The number of amides is 6. The second kappa shape index (κ2) is 24.8. The quantitative estimate of drug-likeness (QED) is 0.0373. The molecule has 6 aromatic rings. The van der Waals surface area contributed by atoms with Gasteiger partial charge in [-0.15, -0.1) is 0 Å². The van der Waals surface area contributed by atoms with Crippen LogP contribution in [0.5, 0.6) is 0 Å². The maximum atomic E-state index is 16.0. The van der Waals surface area contributed by atoms with Gasteiger partial charge in [-0.05, 0) is 68.7 Å². The standard InChI is InChI=1S/C58H71F3N14O8/c1-57-28-43-41(27-46(57)58(57,60)61)55(69-68-43)56(82)67-37-30-66-74(33-37)38-18-23-73(24-19-38)50(79)13-8-6-4-5-7-9-20-62-47(76)14-15-51(80)72-21-16-35(17-22-72)54-53-39(40-26-45-36(25-42(40)59)29-65-71(45)2)11-10-12-44(53)75(70-54)34-49(78)63-31-48(77)64-32-52(81)83-3/h10-12,25-26,29-30,33,35,38,46H,4-9,13-24,27-28,31-32,34H2,1-3H3,(H,62,76)(H,63,78)(H,64,77)(H,67,82)(H,68,69)/t46-,57+/m1/s1. The van der Waals surface area contributed by atoms with Crippen LogP contribution in [-0.4, -0.2) is 150 Å². The largest absolute Gasteiger partial charge is 0.468 e. The summed E-state index contributed by atoms with van der Waals surface area (Å²) < 4.78 is 54.3. The van der Waals surface area contributed by atoms with E-state index in [0.29, 0.717) is 102 Å². The van der Waals surface area contributed by atoms with Crippen molar-refractivity contribution in [3.8, 4) is 11.1 Å². The molecule has 83 heavy (non-hydrogen) atoms. The van der Waals surface area contributed by atoms with Crippen LogP contribution in [0.15, 0.2) is 48.9 Å². The number of methoxy groups -OCH3 is 1. The van der Waals surface area contributed by atoms with Gasteiger partial charge < -0.3 is 35.8 Å². The lowest BCUT2D eigenvalue weighted by Gasteiger charge is -2.32. The molecule has 2 aliphatic heterocycles. The van der Waals surface area contributed by atoms with Crippen molar-refractivity contribution >= 4 is 68.9 Å². The highest BCUT2D eigenvalue weighted by Gasteiger charge is 2.78. The molecular weight excluding hydrogens is 1080 g/mol. The fraction of sp³-hybridized carbons (Fsp3) is 0.534. The van der Waals surface area contributed by atoms with Gasteiger partial charge in [0.05, 0.1) is 54.5 Å². The van der Waals surface area contributed by atoms with E-state index >= 15 is 4.39 Å². The third kappa shape index (κ3) is 12.6. The van der Waals surface area contributed by atoms with Gasteiger partial charge in [-0.25, -0.2) is 13.2 Å². The number of halogens is 3. The number of carbonyl (C=O) groups excluding carboxylic acids is 7. The van der Waals surface area contributed by atoms with Crippen LogP contribution in [0.2, 0.25) is 0 Å². The average molecular weight is 1150 g/mol. The number of carbonyl (C=O) groups is 7. The topological polar surface area (TPSA) is 265 Å². The number of aromatic nitrogens is 8. The maximum absolute atomic E-state index is 16.0. The Labute approximate surface area is 476 Å². The Balaban J connectivity index is 0.607. The summed E-state index contributed by atoms with van der Waals surface area (Å²) in [4.78, 5) is 93.0. The van der Waals surface area contributed by atoms with Crippen LogP contribution in [0.4, 0.5) is 18.9 Å². The van der Waals surface area contributed by atoms with Crippen LogP contribution in [0, 0.1) is 17.2 Å². The van der Waals surface area contributed by atoms with E-state index in [2.05, 4.69) is 46.4 Å². The molecule has 2 saturated heterocycles. The average Bonchev–Trinajstić information content (AvgIpc) is 3.46. The molecule has 3 fully saturated rings. The monoisotopic (exact) mass is 1150 g/mol. The van der Waals surface area contributed by atoms with Crippen molar-refractivity contribution < 1.29 is 51.5 Å². The summed E-state index contributed by atoms with van der Waals surface area (Å²) in [5, 5.41) is 32.7. The minimum absolute atomic E-state index is 0.0654. The first-order chi connectivity index (χ1) is 39.9. The van der Waals surface area contributed by atoms with E-state index in [-0.39, 0.29) is 80.7 Å². The number of piperidine rings is 2. The molecule has 2 aromatic carbocycles. The number of fused-ring (bicyclic) bond motifs is 4. The number of alkyl halides is 2. The molecule has 0 unspecified atom stereocenters. The summed E-state index contributed by atoms with van der Waals surface area (Å²) in [6.07, 6.45) is 13.8. The SMILES string of the molecule is COC(=O)CNC(=O)CNC(=O)Cn1nc(C2CCN(C(=O)CCC(=O)NCCCCCCCCC(=O)N3CCC(n4cc(NC(=O)c5n[nH]c6c5C[C@H]5C(F)(F)[C@@]5(C)C6)cn4)CC3)CC2)c2c(-c3cc4c(cnn4C)cc3F)cccc21. The molecule has 1 saturated carbocycles. The number of benzene rings is 2. The first-order valence-electron chi connectivity index (χ1n) is 28.7. The van der Waals surface area contributed by atoms with Crippen LogP contribution >= 0.6 is 0 Å². The zero-order valence-electron chi connectivity index (χ0n) is 47.0. The minimum Gasteiger partial charge on any atom is -0.468 e. The van der Waals surface area contributed by atoms with Gasteiger partial charge in [-0.2, -0.15) is 20.4 Å². The Bertz CT molecular complexity index is 3430. The smallest absolute Gasteiger partial charge is 0.325 e. The molecule has 25 heteroatoms. The van der Waals surface area contributed by atoms with Gasteiger partial charge in [0, 0.05) is 116 Å². The molecule has 4 aliphatic rings. The zero-order chi connectivity index (χ0) is 58.6. The van der Waals surface area contributed by atoms with E-state index in [9.17, 15) is 42.3 Å². The molecule has 10 rings (SSSR count). The minimum atomic E-state index is -2.75. The van der Waals surface area contributed by atoms with E-state index in [1.165, 1.54) is 17.9 Å². The van der Waals surface area contributed by atoms with Crippen LogP contribution in [0.3, 0.4) is 0 Å². The molecule has 5 N–H and O–H groups in total. The van der Waals surface area contributed by atoms with Gasteiger partial charge in [-0.1, -0.05) is 44.7 Å². The number of anilines is 1. The Kier molecular flexibility index (Phi) is 17.3. The fourth-order valence-corrected chi connectivity index (χ4v) is 12.3. The fourth-order valence-electron chi connectivity index (χ4n) is 12.3. The Morgan fingerprint density at radius 1 is 0.783 bits per heavy atom. The lowest BCUT2D eigenvalue weighted by Crippen LogP contribution is -2.40. The van der Waals surface area contributed by atoms with E-state index in [4.69, 9.17) is 5.10 Å². The van der Waals surface area contributed by atoms with E-state index in [0.717, 1.165) is 56.9 Å². The van der Waals surface area contributed by atoms with Gasteiger partial charge in [0.25, 0.3) is 11.8 Å². The summed E-state index contributed by atoms with van der Waals surface area (Å²) in [5.41, 5.74) is 3.60. The van der Waals surface area contributed by atoms with Gasteiger partial charge in [0.15, 0.2) is 5.69 Å². The second-order valence-electron chi connectivity index (χ2n) is 22.7. The molecule has 4 aromatic heterocycles. The van der Waals surface area contributed by atoms with Crippen molar-refractivity contribution in [1.82, 2.24) is 65.3 Å². The summed E-state index contributed by atoms with van der Waals surface area (Å²) >= 11 is 0. The molecule has 2 atom stereocenters. The number of aryl methyl sites for hydroxylation is 1. The normalized spacial score (nSPS) is 18.6. The number of rotatable bonds is 23. The van der Waals surface area contributed by atoms with Crippen molar-refractivity contribution in [2.75, 3.05) is 58.2 Å². The maximum Gasteiger partial charge on any atom is 0.325 e. The first kappa shape index (κ1) is 58.1. The summed E-state index contributed by atoms with van der Waals surface area (Å²) in [7, 11) is 2.98. The van der Waals surface area contributed by atoms with Crippen LogP contribution in [0.1, 0.15) is 130 Å². The molecule has 6 amide bonds. The summed E-state index contributed by atoms with van der Waals surface area (Å²) in [5.74, 6) is -6.49. The Hall–Kier alpha value is -8.12. The molecule has 442 valence electrons. The Morgan fingerprint density at radius 3 is 2.25 bits per heavy atom. The number of nitrogens with zero attached hydrogens (tertiary/aromatic N) is 9. The highest BCUT2D eigenvalue weighted by molar-refractivity contribution is 6.04. The van der Waals surface area contributed by atoms with Crippen LogP contribution in [-0.2, 0) is 59.9 Å². The molecule has 6 heterocycles. The van der Waals surface area contributed by atoms with Crippen molar-refractivity contribution in [1.29, 1.82) is 0 Å². The first-order valence-corrected chi connectivity index (χ1v) is 28.7. The zero-order valence-corrected chi connectivity index (χ0v) is 47.0. The Morgan fingerprint density at radius 2 is 1.49 bits per heavy atom. The van der Waals surface area contributed by atoms with Gasteiger partial charge in [0.1, 0.15) is 18.9 Å². The number of unbranched alkanes of at least 4 members (excludes halogenated alkanes) is 5. The van der Waals surface area contributed by atoms with Crippen LogP contribution < -0.4 is 21.3 Å². The third-order valence-electron chi connectivity index (χ3n) is 17.3.